The lowest BCUT2D eigenvalue weighted by Crippen LogP contribution is -2.43. The molecule has 0 radical (unpaired) electrons. The number of hydrogen-bond donors (Lipinski definition) is 1. The van der Waals surface area contributed by atoms with Gasteiger partial charge in [-0.25, -0.2) is 0 Å². The Labute approximate surface area is 91.1 Å². The van der Waals surface area contributed by atoms with Crippen LogP contribution in [0.1, 0.15) is 31.4 Å². The van der Waals surface area contributed by atoms with Crippen LogP contribution >= 0.6 is 0 Å². The lowest BCUT2D eigenvalue weighted by Gasteiger charge is -2.26. The van der Waals surface area contributed by atoms with Crippen LogP contribution in [0.25, 0.3) is 0 Å². The van der Waals surface area contributed by atoms with Gasteiger partial charge in [0.2, 0.25) is 0 Å². The lowest BCUT2D eigenvalue weighted by molar-refractivity contribution is 0.336. The molecule has 1 saturated heterocycles. The molecule has 0 aromatic carbocycles. The van der Waals surface area contributed by atoms with Crippen molar-refractivity contribution in [2.75, 3.05) is 13.1 Å². The van der Waals surface area contributed by atoms with E-state index in [4.69, 9.17) is 0 Å². The molecule has 0 saturated carbocycles. The Morgan fingerprint density at radius 1 is 1.40 bits per heavy atom. The third kappa shape index (κ3) is 2.37. The maximum absolute atomic E-state index is 4.28. The topological polar surface area (TPSA) is 42.7 Å². The second-order valence-corrected chi connectivity index (χ2v) is 4.40. The van der Waals surface area contributed by atoms with Crippen molar-refractivity contribution < 1.29 is 0 Å². The molecule has 0 atom stereocenters. The first-order valence-corrected chi connectivity index (χ1v) is 5.90. The molecule has 0 bridgehead atoms. The molecule has 1 aliphatic rings. The van der Waals surface area contributed by atoms with Crippen LogP contribution in [-0.4, -0.2) is 27.9 Å². The van der Waals surface area contributed by atoms with Crippen molar-refractivity contribution in [2.45, 2.75) is 39.7 Å². The summed E-state index contributed by atoms with van der Waals surface area (Å²) in [6.45, 7) is 7.62. The van der Waals surface area contributed by atoms with Crippen LogP contribution in [0.5, 0.6) is 0 Å². The van der Waals surface area contributed by atoms with Crippen LogP contribution in [0.4, 0.5) is 0 Å². The van der Waals surface area contributed by atoms with Gasteiger partial charge >= 0.3 is 0 Å². The van der Waals surface area contributed by atoms with Crippen molar-refractivity contribution in [1.29, 1.82) is 0 Å². The fourth-order valence-corrected chi connectivity index (χ4v) is 1.93. The smallest absolute Gasteiger partial charge is 0.133 e. The molecular weight excluding hydrogens is 188 g/mol. The molecule has 2 heterocycles. The highest BCUT2D eigenvalue weighted by Gasteiger charge is 2.20. The van der Waals surface area contributed by atoms with Crippen molar-refractivity contribution in [3.8, 4) is 0 Å². The molecule has 2 rings (SSSR count). The molecule has 84 valence electrons. The lowest BCUT2D eigenvalue weighted by atomic mass is 9.99. The van der Waals surface area contributed by atoms with Crippen LogP contribution in [0.3, 0.4) is 0 Å². The van der Waals surface area contributed by atoms with E-state index in [0.29, 0.717) is 0 Å². The Morgan fingerprint density at radius 2 is 2.20 bits per heavy atom. The molecule has 15 heavy (non-hydrogen) atoms. The second kappa shape index (κ2) is 4.75. The Balaban J connectivity index is 2.01. The molecule has 4 heteroatoms. The zero-order valence-electron chi connectivity index (χ0n) is 9.66. The second-order valence-electron chi connectivity index (χ2n) is 4.40. The Hall–Kier alpha value is -0.900. The van der Waals surface area contributed by atoms with Crippen LogP contribution < -0.4 is 5.32 Å². The van der Waals surface area contributed by atoms with Crippen LogP contribution in [0.2, 0.25) is 0 Å². The molecule has 0 unspecified atom stereocenters. The molecule has 1 aliphatic heterocycles. The molecule has 1 fully saturated rings. The van der Waals surface area contributed by atoms with Gasteiger partial charge in [0.05, 0.1) is 0 Å². The van der Waals surface area contributed by atoms with E-state index >= 15 is 0 Å². The molecule has 0 aliphatic carbocycles. The molecule has 1 aromatic rings. The fraction of sp³-hybridized carbons (Fsp3) is 0.818. The van der Waals surface area contributed by atoms with Gasteiger partial charge in [-0.3, -0.25) is 0 Å². The summed E-state index contributed by atoms with van der Waals surface area (Å²) in [5.74, 6) is 3.01. The molecular formula is C11H20N4. The average molecular weight is 208 g/mol. The van der Waals surface area contributed by atoms with Crippen molar-refractivity contribution in [3.05, 3.63) is 11.6 Å². The molecule has 4 nitrogen and oxygen atoms in total. The number of unbranched alkanes of at least 4 members (excludes halogenated alkanes) is 1. The Bertz CT molecular complexity index is 314. The predicted octanol–water partition coefficient (Wildman–Crippen LogP) is 1.15. The standard InChI is InChI=1S/C11H20N4/c1-3-4-5-15-9(2)13-14-11(15)6-10-7-12-8-10/h10,12H,3-8H2,1-2H3. The SMILES string of the molecule is CCCCn1c(C)nnc1CC1CNC1. The zero-order valence-corrected chi connectivity index (χ0v) is 9.66. The van der Waals surface area contributed by atoms with E-state index in [0.717, 1.165) is 37.8 Å². The minimum atomic E-state index is 0.772. The first kappa shape index (κ1) is 10.6. The quantitative estimate of drug-likeness (QED) is 0.789. The maximum Gasteiger partial charge on any atom is 0.133 e. The normalized spacial score (nSPS) is 16.7. The van der Waals surface area contributed by atoms with Crippen molar-refractivity contribution in [3.63, 3.8) is 0 Å². The summed E-state index contributed by atoms with van der Waals surface area (Å²) in [7, 11) is 0. The van der Waals surface area contributed by atoms with E-state index in [1.54, 1.807) is 0 Å². The first-order valence-electron chi connectivity index (χ1n) is 5.90. The van der Waals surface area contributed by atoms with Gasteiger partial charge in [0.15, 0.2) is 0 Å². The molecule has 1 N–H and O–H groups in total. The largest absolute Gasteiger partial charge is 0.316 e. The van der Waals surface area contributed by atoms with E-state index < -0.39 is 0 Å². The van der Waals surface area contributed by atoms with E-state index in [2.05, 4.69) is 27.0 Å². The predicted molar refractivity (Wildman–Crippen MR) is 59.7 cm³/mol. The number of aryl methyl sites for hydroxylation is 1. The molecule has 1 aromatic heterocycles. The van der Waals surface area contributed by atoms with Crippen molar-refractivity contribution >= 4 is 0 Å². The molecule has 0 spiro atoms. The Kier molecular flexibility index (Phi) is 3.36. The monoisotopic (exact) mass is 208 g/mol. The fourth-order valence-electron chi connectivity index (χ4n) is 1.93. The van der Waals surface area contributed by atoms with E-state index in [1.165, 1.54) is 18.7 Å². The summed E-state index contributed by atoms with van der Waals surface area (Å²) in [6, 6.07) is 0. The van der Waals surface area contributed by atoms with Crippen LogP contribution in [0, 0.1) is 12.8 Å². The summed E-state index contributed by atoms with van der Waals surface area (Å²) < 4.78 is 2.28. The number of hydrogen-bond acceptors (Lipinski definition) is 3. The van der Waals surface area contributed by atoms with Gasteiger partial charge in [-0.2, -0.15) is 0 Å². The highest BCUT2D eigenvalue weighted by Crippen LogP contribution is 2.12. The van der Waals surface area contributed by atoms with E-state index in [-0.39, 0.29) is 0 Å². The van der Waals surface area contributed by atoms with Gasteiger partial charge in [-0.1, -0.05) is 13.3 Å². The summed E-state index contributed by atoms with van der Waals surface area (Å²) in [5.41, 5.74) is 0. The van der Waals surface area contributed by atoms with Crippen molar-refractivity contribution in [1.82, 2.24) is 20.1 Å². The van der Waals surface area contributed by atoms with Gasteiger partial charge in [0.25, 0.3) is 0 Å². The number of aromatic nitrogens is 3. The van der Waals surface area contributed by atoms with E-state index in [9.17, 15) is 0 Å². The summed E-state index contributed by atoms with van der Waals surface area (Å²) in [5, 5.41) is 11.7. The Morgan fingerprint density at radius 3 is 2.80 bits per heavy atom. The average Bonchev–Trinajstić information content (AvgIpc) is 2.50. The number of nitrogens with zero attached hydrogens (tertiary/aromatic N) is 3. The zero-order chi connectivity index (χ0) is 10.7. The number of nitrogens with one attached hydrogen (secondary N) is 1. The van der Waals surface area contributed by atoms with Crippen LogP contribution in [0.15, 0.2) is 0 Å². The summed E-state index contributed by atoms with van der Waals surface area (Å²) >= 11 is 0. The third-order valence-electron chi connectivity index (χ3n) is 3.08. The summed E-state index contributed by atoms with van der Waals surface area (Å²) in [6.07, 6.45) is 3.52. The highest BCUT2D eigenvalue weighted by atomic mass is 15.3. The summed E-state index contributed by atoms with van der Waals surface area (Å²) in [4.78, 5) is 0. The minimum Gasteiger partial charge on any atom is -0.316 e. The van der Waals surface area contributed by atoms with Crippen molar-refractivity contribution in [2.24, 2.45) is 5.92 Å². The van der Waals surface area contributed by atoms with Crippen LogP contribution in [-0.2, 0) is 13.0 Å². The maximum atomic E-state index is 4.28. The van der Waals surface area contributed by atoms with Gasteiger partial charge in [-0.15, -0.1) is 10.2 Å². The van der Waals surface area contributed by atoms with E-state index in [1.807, 2.05) is 6.92 Å². The van der Waals surface area contributed by atoms with Gasteiger partial charge in [-0.05, 0) is 32.4 Å². The highest BCUT2D eigenvalue weighted by molar-refractivity contribution is 4.97. The first-order chi connectivity index (χ1) is 7.31. The third-order valence-corrected chi connectivity index (χ3v) is 3.08. The minimum absolute atomic E-state index is 0.772. The van der Waals surface area contributed by atoms with Gasteiger partial charge in [0.1, 0.15) is 11.6 Å². The van der Waals surface area contributed by atoms with Gasteiger partial charge < -0.3 is 9.88 Å². The molecule has 0 amide bonds. The number of rotatable bonds is 5. The van der Waals surface area contributed by atoms with Gasteiger partial charge in [0, 0.05) is 13.0 Å².